The lowest BCUT2D eigenvalue weighted by atomic mass is 10.0. The Kier molecular flexibility index (Phi) is 6.64. The Morgan fingerprint density at radius 1 is 1.10 bits per heavy atom. The molecule has 0 saturated carbocycles. The highest BCUT2D eigenvalue weighted by Crippen LogP contribution is 2.33. The third-order valence-corrected chi connectivity index (χ3v) is 5.71. The van der Waals surface area contributed by atoms with Crippen LogP contribution in [0.15, 0.2) is 65.6 Å². The first-order chi connectivity index (χ1) is 15.1. The van der Waals surface area contributed by atoms with Crippen LogP contribution in [0.1, 0.15) is 15.9 Å². The molecule has 0 aliphatic carbocycles. The quantitative estimate of drug-likeness (QED) is 0.294. The van der Waals surface area contributed by atoms with Gasteiger partial charge in [0.2, 0.25) is 0 Å². The van der Waals surface area contributed by atoms with Crippen molar-refractivity contribution in [2.24, 2.45) is 0 Å². The van der Waals surface area contributed by atoms with Gasteiger partial charge in [-0.2, -0.15) is 0 Å². The predicted molar refractivity (Wildman–Crippen MR) is 121 cm³/mol. The van der Waals surface area contributed by atoms with Crippen molar-refractivity contribution in [3.8, 4) is 22.6 Å². The molecule has 0 spiro atoms. The number of benzene rings is 3. The van der Waals surface area contributed by atoms with Crippen LogP contribution >= 0.6 is 11.9 Å². The van der Waals surface area contributed by atoms with Gasteiger partial charge in [0, 0.05) is 30.2 Å². The zero-order valence-corrected chi connectivity index (χ0v) is 17.9. The van der Waals surface area contributed by atoms with Crippen molar-refractivity contribution in [1.82, 2.24) is 0 Å². The summed E-state index contributed by atoms with van der Waals surface area (Å²) >= 11 is 1.43. The molecule has 0 unspecified atom stereocenters. The summed E-state index contributed by atoms with van der Waals surface area (Å²) in [5.74, 6) is 0.255. The number of carbonyl (C=O) groups excluding carboxylic acids is 1. The second-order valence-electron chi connectivity index (χ2n) is 7.01. The lowest BCUT2D eigenvalue weighted by Gasteiger charge is -2.10. The van der Waals surface area contributed by atoms with Gasteiger partial charge in [0.1, 0.15) is 23.7 Å². The zero-order chi connectivity index (χ0) is 21.6. The summed E-state index contributed by atoms with van der Waals surface area (Å²) in [5.41, 5.74) is 4.31. The van der Waals surface area contributed by atoms with Crippen LogP contribution in [0.2, 0.25) is 0 Å². The third kappa shape index (κ3) is 5.13. The molecule has 0 saturated heterocycles. The number of fused-ring (bicyclic) bond motifs is 1. The van der Waals surface area contributed by atoms with Gasteiger partial charge in [0.05, 0.1) is 13.2 Å². The molecule has 3 aromatic carbocycles. The van der Waals surface area contributed by atoms with Crippen LogP contribution in [0.5, 0.6) is 11.5 Å². The first kappa shape index (κ1) is 21.1. The molecule has 2 N–H and O–H groups in total. The Labute approximate surface area is 185 Å². The van der Waals surface area contributed by atoms with Crippen LogP contribution in [0.4, 0.5) is 5.69 Å². The number of rotatable bonds is 8. The minimum atomic E-state index is -0.582. The smallest absolute Gasteiger partial charge is 0.341 e. The third-order valence-electron chi connectivity index (χ3n) is 4.88. The van der Waals surface area contributed by atoms with E-state index >= 15 is 0 Å². The standard InChI is InChI=1S/C24H23NO5S/c1-28-11-12-30-24(27)21-7-6-19(15-22(21)26)25-31-20-4-2-3-16(14-20)17-5-8-23-18(13-17)9-10-29-23/h2-8,13-15,25-26H,9-12H2,1H3. The van der Waals surface area contributed by atoms with Crippen LogP contribution in [-0.2, 0) is 15.9 Å². The van der Waals surface area contributed by atoms with E-state index in [2.05, 4.69) is 29.0 Å². The maximum Gasteiger partial charge on any atom is 0.341 e. The number of phenolic OH excluding ortho intramolecular Hbond substituents is 1. The summed E-state index contributed by atoms with van der Waals surface area (Å²) in [6.45, 7) is 1.19. The molecule has 3 aromatic rings. The summed E-state index contributed by atoms with van der Waals surface area (Å²) < 4.78 is 18.7. The highest BCUT2D eigenvalue weighted by atomic mass is 32.2. The molecule has 1 aliphatic heterocycles. The molecule has 0 aromatic heterocycles. The molecule has 0 fully saturated rings. The number of hydrogen-bond donors (Lipinski definition) is 2. The largest absolute Gasteiger partial charge is 0.507 e. The molecule has 7 heteroatoms. The van der Waals surface area contributed by atoms with E-state index in [4.69, 9.17) is 14.2 Å². The number of esters is 1. The van der Waals surface area contributed by atoms with Gasteiger partial charge in [0.25, 0.3) is 0 Å². The van der Waals surface area contributed by atoms with Crippen molar-refractivity contribution in [2.45, 2.75) is 11.3 Å². The number of hydrogen-bond acceptors (Lipinski definition) is 7. The first-order valence-electron chi connectivity index (χ1n) is 9.92. The minimum absolute atomic E-state index is 0.120. The summed E-state index contributed by atoms with van der Waals surface area (Å²) in [7, 11) is 1.53. The van der Waals surface area contributed by atoms with E-state index in [1.54, 1.807) is 6.07 Å². The van der Waals surface area contributed by atoms with E-state index in [1.165, 1.54) is 36.8 Å². The average molecular weight is 438 g/mol. The molecule has 0 bridgehead atoms. The van der Waals surface area contributed by atoms with Crippen LogP contribution in [-0.4, -0.2) is 38.0 Å². The number of carbonyl (C=O) groups is 1. The van der Waals surface area contributed by atoms with Crippen molar-refractivity contribution in [2.75, 3.05) is 31.7 Å². The average Bonchev–Trinajstić information content (AvgIpc) is 3.26. The number of methoxy groups -OCH3 is 1. The summed E-state index contributed by atoms with van der Waals surface area (Å²) in [6, 6.07) is 19.3. The summed E-state index contributed by atoms with van der Waals surface area (Å²) in [6.07, 6.45) is 0.943. The second-order valence-corrected chi connectivity index (χ2v) is 7.89. The Morgan fingerprint density at radius 3 is 2.81 bits per heavy atom. The van der Waals surface area contributed by atoms with E-state index < -0.39 is 5.97 Å². The molecule has 31 heavy (non-hydrogen) atoms. The maximum absolute atomic E-state index is 12.0. The van der Waals surface area contributed by atoms with E-state index in [9.17, 15) is 9.90 Å². The van der Waals surface area contributed by atoms with Crippen molar-refractivity contribution >= 4 is 23.6 Å². The molecule has 6 nitrogen and oxygen atoms in total. The van der Waals surface area contributed by atoms with Crippen LogP contribution < -0.4 is 9.46 Å². The van der Waals surface area contributed by atoms with Gasteiger partial charge in [0.15, 0.2) is 0 Å². The molecule has 0 atom stereocenters. The molecule has 1 aliphatic rings. The van der Waals surface area contributed by atoms with Crippen molar-refractivity contribution in [3.63, 3.8) is 0 Å². The fraction of sp³-hybridized carbons (Fsp3) is 0.208. The summed E-state index contributed by atoms with van der Waals surface area (Å²) in [4.78, 5) is 13.0. The normalized spacial score (nSPS) is 12.2. The van der Waals surface area contributed by atoms with Crippen molar-refractivity contribution < 1.29 is 24.1 Å². The molecule has 4 rings (SSSR count). The van der Waals surface area contributed by atoms with Gasteiger partial charge in [-0.15, -0.1) is 0 Å². The monoisotopic (exact) mass is 437 g/mol. The maximum atomic E-state index is 12.0. The number of ether oxygens (including phenoxy) is 3. The molecule has 0 radical (unpaired) electrons. The lowest BCUT2D eigenvalue weighted by Crippen LogP contribution is -2.10. The van der Waals surface area contributed by atoms with Crippen LogP contribution in [0.25, 0.3) is 11.1 Å². The highest BCUT2D eigenvalue weighted by molar-refractivity contribution is 8.00. The fourth-order valence-corrected chi connectivity index (χ4v) is 3.98. The molecule has 160 valence electrons. The van der Waals surface area contributed by atoms with Crippen LogP contribution in [0.3, 0.4) is 0 Å². The van der Waals surface area contributed by atoms with Crippen molar-refractivity contribution in [3.05, 3.63) is 71.8 Å². The number of phenols is 1. The number of nitrogens with one attached hydrogen (secondary N) is 1. The van der Waals surface area contributed by atoms with Gasteiger partial charge in [-0.3, -0.25) is 0 Å². The van der Waals surface area contributed by atoms with E-state index in [0.717, 1.165) is 34.8 Å². The van der Waals surface area contributed by atoms with Gasteiger partial charge >= 0.3 is 5.97 Å². The zero-order valence-electron chi connectivity index (χ0n) is 17.1. The van der Waals surface area contributed by atoms with E-state index in [0.29, 0.717) is 12.3 Å². The van der Waals surface area contributed by atoms with Gasteiger partial charge in [-0.1, -0.05) is 18.2 Å². The topological polar surface area (TPSA) is 77.0 Å². The predicted octanol–water partition coefficient (Wildman–Crippen LogP) is 4.92. The Balaban J connectivity index is 1.41. The Morgan fingerprint density at radius 2 is 1.97 bits per heavy atom. The number of anilines is 1. The Bertz CT molecular complexity index is 1090. The molecular formula is C24H23NO5S. The molecule has 0 amide bonds. The Hall–Kier alpha value is -3.16. The van der Waals surface area contributed by atoms with Gasteiger partial charge in [-0.25, -0.2) is 4.79 Å². The number of aromatic hydroxyl groups is 1. The minimum Gasteiger partial charge on any atom is -0.507 e. The molecule has 1 heterocycles. The highest BCUT2D eigenvalue weighted by Gasteiger charge is 2.14. The van der Waals surface area contributed by atoms with Gasteiger partial charge in [-0.05, 0) is 65.0 Å². The fourth-order valence-electron chi connectivity index (χ4n) is 3.29. The molecular weight excluding hydrogens is 414 g/mol. The van der Waals surface area contributed by atoms with E-state index in [1.807, 2.05) is 18.2 Å². The van der Waals surface area contributed by atoms with Gasteiger partial charge < -0.3 is 24.0 Å². The first-order valence-corrected chi connectivity index (χ1v) is 10.7. The second kappa shape index (κ2) is 9.76. The van der Waals surface area contributed by atoms with E-state index in [-0.39, 0.29) is 17.9 Å². The summed E-state index contributed by atoms with van der Waals surface area (Å²) in [5, 5.41) is 10.2. The van der Waals surface area contributed by atoms with Crippen LogP contribution in [0, 0.1) is 0 Å². The van der Waals surface area contributed by atoms with Crippen molar-refractivity contribution in [1.29, 1.82) is 0 Å². The SMILES string of the molecule is COCCOC(=O)c1ccc(NSc2cccc(-c3ccc4c(c3)CCO4)c2)cc1O. The lowest BCUT2D eigenvalue weighted by molar-refractivity contribution is 0.0385.